The number of carboxylic acid groups (broad SMARTS) is 1. The molecule has 0 aromatic heterocycles. The summed E-state index contributed by atoms with van der Waals surface area (Å²) in [6, 6.07) is 12.2. The van der Waals surface area contributed by atoms with Crippen LogP contribution in [0, 0.1) is 6.92 Å². The highest BCUT2D eigenvalue weighted by molar-refractivity contribution is 7.98. The normalized spacial score (nSPS) is 10.8. The summed E-state index contributed by atoms with van der Waals surface area (Å²) in [6.45, 7) is 8.38. The number of carbonyl (C=O) groups is 1. The molecule has 0 atom stereocenters. The van der Waals surface area contributed by atoms with E-state index in [0.717, 1.165) is 60.5 Å². The van der Waals surface area contributed by atoms with Gasteiger partial charge in [-0.2, -0.15) is 0 Å². The third kappa shape index (κ3) is 5.52. The van der Waals surface area contributed by atoms with Crippen LogP contribution in [0.2, 0.25) is 0 Å². The lowest BCUT2D eigenvalue weighted by atomic mass is 9.99. The van der Waals surface area contributed by atoms with Crippen molar-refractivity contribution < 1.29 is 9.90 Å². The Morgan fingerprint density at radius 3 is 2.11 bits per heavy atom. The summed E-state index contributed by atoms with van der Waals surface area (Å²) in [7, 11) is 0. The molecule has 0 fully saturated rings. The fraction of sp³-hybridized carbons (Fsp3) is 0.435. The van der Waals surface area contributed by atoms with Crippen molar-refractivity contribution in [3.8, 4) is 11.1 Å². The summed E-state index contributed by atoms with van der Waals surface area (Å²) >= 11 is 1.62. The van der Waals surface area contributed by atoms with Crippen LogP contribution in [-0.2, 0) is 0 Å². The van der Waals surface area contributed by atoms with E-state index in [1.807, 2.05) is 18.4 Å². The molecule has 3 nitrogen and oxygen atoms in total. The number of aromatic carboxylic acids is 1. The van der Waals surface area contributed by atoms with Gasteiger partial charge in [0.25, 0.3) is 0 Å². The Hall–Kier alpha value is -1.94. The van der Waals surface area contributed by atoms with Crippen LogP contribution in [0.15, 0.2) is 41.3 Å². The summed E-state index contributed by atoms with van der Waals surface area (Å²) in [6.07, 6.45) is 6.46. The third-order valence-corrected chi connectivity index (χ3v) is 5.55. The van der Waals surface area contributed by atoms with Crippen molar-refractivity contribution in [2.75, 3.05) is 24.2 Å². The highest BCUT2D eigenvalue weighted by Crippen LogP contribution is 2.40. The van der Waals surface area contributed by atoms with Gasteiger partial charge < -0.3 is 10.0 Å². The average molecular weight is 386 g/mol. The molecule has 146 valence electrons. The molecule has 0 saturated carbocycles. The molecule has 0 spiro atoms. The maximum atomic E-state index is 11.7. The van der Waals surface area contributed by atoms with Gasteiger partial charge in [-0.3, -0.25) is 0 Å². The minimum atomic E-state index is -0.868. The highest BCUT2D eigenvalue weighted by atomic mass is 32.2. The lowest BCUT2D eigenvalue weighted by molar-refractivity contribution is 0.0696. The maximum absolute atomic E-state index is 11.7. The fourth-order valence-corrected chi connectivity index (χ4v) is 3.87. The number of carboxylic acids is 1. The first kappa shape index (κ1) is 21.4. The minimum absolute atomic E-state index is 0.364. The number of hydrogen-bond donors (Lipinski definition) is 1. The standard InChI is InChI=1S/C23H31NO2S/c1-5-7-13-24(14-8-6-2)20-15-19(23(25)26)16-21(27-4)22(20)18-11-9-17(3)10-12-18/h9-12,15-16H,5-8,13-14H2,1-4H3,(H,25,26). The molecule has 27 heavy (non-hydrogen) atoms. The molecule has 0 radical (unpaired) electrons. The average Bonchev–Trinajstić information content (AvgIpc) is 2.68. The van der Waals surface area contributed by atoms with Crippen molar-refractivity contribution in [2.45, 2.75) is 51.3 Å². The minimum Gasteiger partial charge on any atom is -0.478 e. The molecule has 0 unspecified atom stereocenters. The van der Waals surface area contributed by atoms with E-state index in [-0.39, 0.29) is 0 Å². The zero-order chi connectivity index (χ0) is 19.8. The molecule has 0 saturated heterocycles. The lowest BCUT2D eigenvalue weighted by Crippen LogP contribution is -2.26. The first-order valence-corrected chi connectivity index (χ1v) is 11.0. The van der Waals surface area contributed by atoms with Crippen molar-refractivity contribution >= 4 is 23.4 Å². The van der Waals surface area contributed by atoms with Gasteiger partial charge in [-0.05, 0) is 43.7 Å². The fourth-order valence-electron chi connectivity index (χ4n) is 3.20. The number of unbranched alkanes of at least 4 members (excludes halogenated alkanes) is 2. The van der Waals surface area contributed by atoms with E-state index < -0.39 is 5.97 Å². The zero-order valence-electron chi connectivity index (χ0n) is 16.9. The molecule has 2 aromatic rings. The number of thioether (sulfide) groups is 1. The van der Waals surface area contributed by atoms with Gasteiger partial charge in [-0.1, -0.05) is 56.5 Å². The summed E-state index contributed by atoms with van der Waals surface area (Å²) in [5.74, 6) is -0.868. The molecule has 0 amide bonds. The van der Waals surface area contributed by atoms with Gasteiger partial charge in [0.05, 0.1) is 5.56 Å². The Bertz CT molecular complexity index is 748. The topological polar surface area (TPSA) is 40.5 Å². The van der Waals surface area contributed by atoms with Crippen molar-refractivity contribution in [1.82, 2.24) is 0 Å². The predicted octanol–water partition coefficient (Wildman–Crippen LogP) is 6.49. The molecule has 0 aliphatic rings. The van der Waals surface area contributed by atoms with Gasteiger partial charge >= 0.3 is 5.97 Å². The van der Waals surface area contributed by atoms with Crippen LogP contribution in [0.1, 0.15) is 55.5 Å². The van der Waals surface area contributed by atoms with Crippen molar-refractivity contribution in [2.24, 2.45) is 0 Å². The second-order valence-electron chi connectivity index (χ2n) is 6.94. The van der Waals surface area contributed by atoms with Crippen LogP contribution in [0.3, 0.4) is 0 Å². The van der Waals surface area contributed by atoms with Gasteiger partial charge in [0.1, 0.15) is 0 Å². The molecule has 2 rings (SSSR count). The number of nitrogens with zero attached hydrogens (tertiary/aromatic N) is 1. The van der Waals surface area contributed by atoms with E-state index >= 15 is 0 Å². The van der Waals surface area contributed by atoms with Crippen LogP contribution < -0.4 is 4.90 Å². The molecule has 0 aliphatic heterocycles. The summed E-state index contributed by atoms with van der Waals surface area (Å²) in [5.41, 5.74) is 4.93. The molecule has 1 N–H and O–H groups in total. The molecule has 0 bridgehead atoms. The molecule has 4 heteroatoms. The van der Waals surface area contributed by atoms with E-state index in [2.05, 4.69) is 49.9 Å². The number of aryl methyl sites for hydroxylation is 1. The van der Waals surface area contributed by atoms with E-state index in [1.54, 1.807) is 11.8 Å². The van der Waals surface area contributed by atoms with Gasteiger partial charge in [0, 0.05) is 29.2 Å². The Morgan fingerprint density at radius 2 is 1.63 bits per heavy atom. The number of anilines is 1. The third-order valence-electron chi connectivity index (χ3n) is 4.79. The molecular weight excluding hydrogens is 354 g/mol. The second kappa shape index (κ2) is 10.4. The number of hydrogen-bond acceptors (Lipinski definition) is 3. The number of benzene rings is 2. The largest absolute Gasteiger partial charge is 0.478 e. The Morgan fingerprint density at radius 1 is 1.04 bits per heavy atom. The molecule has 0 aliphatic carbocycles. The van der Waals surface area contributed by atoms with Crippen molar-refractivity contribution in [3.63, 3.8) is 0 Å². The molecular formula is C23H31NO2S. The van der Waals surface area contributed by atoms with Crippen molar-refractivity contribution in [1.29, 1.82) is 0 Å². The Labute approximate surface area is 167 Å². The number of rotatable bonds is 10. The van der Waals surface area contributed by atoms with Crippen LogP contribution >= 0.6 is 11.8 Å². The first-order valence-electron chi connectivity index (χ1n) is 9.79. The van der Waals surface area contributed by atoms with Gasteiger partial charge in [0.15, 0.2) is 0 Å². The first-order chi connectivity index (χ1) is 13.0. The Kier molecular flexibility index (Phi) is 8.23. The summed E-state index contributed by atoms with van der Waals surface area (Å²) in [5, 5.41) is 9.63. The van der Waals surface area contributed by atoms with E-state index in [4.69, 9.17) is 0 Å². The summed E-state index contributed by atoms with van der Waals surface area (Å²) < 4.78 is 0. The van der Waals surface area contributed by atoms with Crippen LogP contribution in [0.5, 0.6) is 0 Å². The van der Waals surface area contributed by atoms with Crippen molar-refractivity contribution in [3.05, 3.63) is 47.5 Å². The Balaban J connectivity index is 2.66. The second-order valence-corrected chi connectivity index (χ2v) is 7.79. The quantitative estimate of drug-likeness (QED) is 0.475. The van der Waals surface area contributed by atoms with Crippen LogP contribution in [-0.4, -0.2) is 30.4 Å². The van der Waals surface area contributed by atoms with E-state index in [0.29, 0.717) is 5.56 Å². The van der Waals surface area contributed by atoms with E-state index in [1.165, 1.54) is 5.56 Å². The van der Waals surface area contributed by atoms with Gasteiger partial charge in [0.2, 0.25) is 0 Å². The SMILES string of the molecule is CCCCN(CCCC)c1cc(C(=O)O)cc(SC)c1-c1ccc(C)cc1. The van der Waals surface area contributed by atoms with Gasteiger partial charge in [-0.25, -0.2) is 4.79 Å². The maximum Gasteiger partial charge on any atom is 0.335 e. The predicted molar refractivity (Wildman–Crippen MR) is 117 cm³/mol. The lowest BCUT2D eigenvalue weighted by Gasteiger charge is -2.29. The molecule has 2 aromatic carbocycles. The van der Waals surface area contributed by atoms with E-state index in [9.17, 15) is 9.90 Å². The van der Waals surface area contributed by atoms with Crippen LogP contribution in [0.4, 0.5) is 5.69 Å². The molecule has 0 heterocycles. The zero-order valence-corrected chi connectivity index (χ0v) is 17.7. The highest BCUT2D eigenvalue weighted by Gasteiger charge is 2.19. The van der Waals surface area contributed by atoms with Crippen LogP contribution in [0.25, 0.3) is 11.1 Å². The smallest absolute Gasteiger partial charge is 0.335 e. The summed E-state index contributed by atoms with van der Waals surface area (Å²) in [4.78, 5) is 15.1. The monoisotopic (exact) mass is 385 g/mol. The van der Waals surface area contributed by atoms with Gasteiger partial charge in [-0.15, -0.1) is 11.8 Å².